The Hall–Kier alpha value is -1.12. The molecule has 0 saturated carbocycles. The topological polar surface area (TPSA) is 54.4 Å². The van der Waals surface area contributed by atoms with E-state index in [-0.39, 0.29) is 0 Å². The molecule has 0 aromatic carbocycles. The molecule has 3 heteroatoms. The molecular weight excluding hydrogens is 204 g/mol. The summed E-state index contributed by atoms with van der Waals surface area (Å²) in [4.78, 5) is 22.4. The second-order valence-corrected chi connectivity index (χ2v) is 4.82. The fraction of sp³-hybridized carbons (Fsp3) is 0.692. The molecule has 0 saturated heterocycles. The summed E-state index contributed by atoms with van der Waals surface area (Å²) in [5.74, 6) is -1.63. The molecule has 0 aliphatic heterocycles. The quantitative estimate of drug-likeness (QED) is 0.559. The first-order valence-electron chi connectivity index (χ1n) is 5.69. The van der Waals surface area contributed by atoms with Crippen LogP contribution in [0.2, 0.25) is 0 Å². The fourth-order valence-corrected chi connectivity index (χ4v) is 1.71. The fourth-order valence-electron chi connectivity index (χ4n) is 1.71. The number of carbonyl (C=O) groups excluding carboxylic acids is 1. The Morgan fingerprint density at radius 1 is 1.38 bits per heavy atom. The summed E-state index contributed by atoms with van der Waals surface area (Å²) < 4.78 is 0. The number of aliphatic carboxylic acids is 1. The standard InChI is InChI=1S/C13H22O3/c1-6-9(3)10(8-14)11(12(15)16)13(4,5)7-2/h8,11H,6-7H2,1-5H3,(H,15,16)/b10-9-. The van der Waals surface area contributed by atoms with Crippen LogP contribution in [0.5, 0.6) is 0 Å². The van der Waals surface area contributed by atoms with E-state index in [1.807, 2.05) is 34.6 Å². The van der Waals surface area contributed by atoms with Gasteiger partial charge in [-0.1, -0.05) is 33.3 Å². The number of rotatable bonds is 6. The molecule has 0 radical (unpaired) electrons. The predicted octanol–water partition coefficient (Wildman–Crippen LogP) is 3.05. The lowest BCUT2D eigenvalue weighted by atomic mass is 9.72. The van der Waals surface area contributed by atoms with E-state index in [9.17, 15) is 14.7 Å². The normalized spacial score (nSPS) is 15.3. The smallest absolute Gasteiger partial charge is 0.311 e. The molecule has 1 N–H and O–H groups in total. The minimum Gasteiger partial charge on any atom is -0.481 e. The average molecular weight is 226 g/mol. The Morgan fingerprint density at radius 3 is 2.12 bits per heavy atom. The highest BCUT2D eigenvalue weighted by molar-refractivity contribution is 5.87. The largest absolute Gasteiger partial charge is 0.481 e. The van der Waals surface area contributed by atoms with Crippen molar-refractivity contribution in [1.29, 1.82) is 0 Å². The Balaban J connectivity index is 5.53. The van der Waals surface area contributed by atoms with Gasteiger partial charge in [-0.25, -0.2) is 0 Å². The van der Waals surface area contributed by atoms with Gasteiger partial charge >= 0.3 is 5.97 Å². The first kappa shape index (κ1) is 14.9. The van der Waals surface area contributed by atoms with Crippen molar-refractivity contribution in [3.8, 4) is 0 Å². The summed E-state index contributed by atoms with van der Waals surface area (Å²) in [6.07, 6.45) is 2.13. The van der Waals surface area contributed by atoms with Crippen LogP contribution in [-0.2, 0) is 9.59 Å². The monoisotopic (exact) mass is 226 g/mol. The maximum atomic E-state index is 11.3. The molecule has 0 fully saturated rings. The van der Waals surface area contributed by atoms with Gasteiger partial charge in [-0.3, -0.25) is 9.59 Å². The number of carboxylic acids is 1. The summed E-state index contributed by atoms with van der Waals surface area (Å²) in [5.41, 5.74) is 0.893. The Labute approximate surface area is 97.5 Å². The Kier molecular flexibility index (Phi) is 5.42. The lowest BCUT2D eigenvalue weighted by Gasteiger charge is -2.31. The van der Waals surface area contributed by atoms with Crippen LogP contribution in [0.4, 0.5) is 0 Å². The van der Waals surface area contributed by atoms with Crippen LogP contribution in [-0.4, -0.2) is 17.4 Å². The molecule has 0 aliphatic rings. The molecular formula is C13H22O3. The number of aldehydes is 1. The SMILES string of the molecule is CC/C(C)=C(/C=O)C(C(=O)O)C(C)(C)CC. The Morgan fingerprint density at radius 2 is 1.88 bits per heavy atom. The van der Waals surface area contributed by atoms with Crippen molar-refractivity contribution in [2.45, 2.75) is 47.5 Å². The van der Waals surface area contributed by atoms with Crippen LogP contribution in [0.3, 0.4) is 0 Å². The number of hydrogen-bond acceptors (Lipinski definition) is 2. The lowest BCUT2D eigenvalue weighted by molar-refractivity contribution is -0.144. The minimum atomic E-state index is -0.915. The zero-order chi connectivity index (χ0) is 12.9. The zero-order valence-corrected chi connectivity index (χ0v) is 10.8. The van der Waals surface area contributed by atoms with Crippen LogP contribution in [0.15, 0.2) is 11.1 Å². The number of hydrogen-bond donors (Lipinski definition) is 1. The summed E-state index contributed by atoms with van der Waals surface area (Å²) in [6, 6.07) is 0. The molecule has 0 aliphatic carbocycles. The van der Waals surface area contributed by atoms with Crippen molar-refractivity contribution in [3.63, 3.8) is 0 Å². The highest BCUT2D eigenvalue weighted by Crippen LogP contribution is 2.36. The summed E-state index contributed by atoms with van der Waals surface area (Å²) in [5, 5.41) is 9.29. The molecule has 1 unspecified atom stereocenters. The van der Waals surface area contributed by atoms with E-state index < -0.39 is 17.3 Å². The second-order valence-electron chi connectivity index (χ2n) is 4.82. The van der Waals surface area contributed by atoms with Crippen LogP contribution >= 0.6 is 0 Å². The highest BCUT2D eigenvalue weighted by Gasteiger charge is 2.37. The molecule has 1 atom stereocenters. The van der Waals surface area contributed by atoms with Gasteiger partial charge in [0, 0.05) is 5.57 Å². The lowest BCUT2D eigenvalue weighted by Crippen LogP contribution is -2.33. The van der Waals surface area contributed by atoms with Crippen LogP contribution in [0, 0.1) is 11.3 Å². The van der Waals surface area contributed by atoms with E-state index in [0.29, 0.717) is 18.3 Å². The van der Waals surface area contributed by atoms with E-state index in [4.69, 9.17) is 0 Å². The summed E-state index contributed by atoms with van der Waals surface area (Å²) >= 11 is 0. The van der Waals surface area contributed by atoms with E-state index >= 15 is 0 Å². The maximum absolute atomic E-state index is 11.3. The summed E-state index contributed by atoms with van der Waals surface area (Å²) in [7, 11) is 0. The van der Waals surface area contributed by atoms with Crippen LogP contribution < -0.4 is 0 Å². The van der Waals surface area contributed by atoms with Gasteiger partial charge in [0.25, 0.3) is 0 Å². The molecule has 0 spiro atoms. The second kappa shape index (κ2) is 5.83. The van der Waals surface area contributed by atoms with Gasteiger partial charge in [-0.05, 0) is 25.2 Å². The minimum absolute atomic E-state index is 0.404. The van der Waals surface area contributed by atoms with Crippen LogP contribution in [0.1, 0.15) is 47.5 Å². The third kappa shape index (κ3) is 3.19. The maximum Gasteiger partial charge on any atom is 0.311 e. The third-order valence-electron chi connectivity index (χ3n) is 3.40. The molecule has 0 amide bonds. The highest BCUT2D eigenvalue weighted by atomic mass is 16.4. The molecule has 92 valence electrons. The van der Waals surface area contributed by atoms with Crippen LogP contribution in [0.25, 0.3) is 0 Å². The molecule has 16 heavy (non-hydrogen) atoms. The Bertz CT molecular complexity index is 300. The van der Waals surface area contributed by atoms with Gasteiger partial charge < -0.3 is 5.11 Å². The molecule has 0 rings (SSSR count). The summed E-state index contributed by atoms with van der Waals surface area (Å²) in [6.45, 7) is 9.47. The van der Waals surface area contributed by atoms with Crippen molar-refractivity contribution in [3.05, 3.63) is 11.1 Å². The molecule has 0 bridgehead atoms. The number of allylic oxidation sites excluding steroid dienone is 1. The van der Waals surface area contributed by atoms with E-state index in [2.05, 4.69) is 0 Å². The molecule has 0 aromatic heterocycles. The van der Waals surface area contributed by atoms with Crippen molar-refractivity contribution in [1.82, 2.24) is 0 Å². The van der Waals surface area contributed by atoms with Crippen molar-refractivity contribution in [2.75, 3.05) is 0 Å². The van der Waals surface area contributed by atoms with E-state index in [1.54, 1.807) is 0 Å². The van der Waals surface area contributed by atoms with Gasteiger partial charge in [0.1, 0.15) is 6.29 Å². The first-order valence-corrected chi connectivity index (χ1v) is 5.69. The third-order valence-corrected chi connectivity index (χ3v) is 3.40. The number of carboxylic acid groups (broad SMARTS) is 1. The van der Waals surface area contributed by atoms with E-state index in [0.717, 1.165) is 12.0 Å². The van der Waals surface area contributed by atoms with Crippen molar-refractivity contribution >= 4 is 12.3 Å². The molecule has 0 aromatic rings. The van der Waals surface area contributed by atoms with Gasteiger partial charge in [-0.2, -0.15) is 0 Å². The van der Waals surface area contributed by atoms with Gasteiger partial charge in [0.15, 0.2) is 0 Å². The van der Waals surface area contributed by atoms with Crippen molar-refractivity contribution in [2.24, 2.45) is 11.3 Å². The predicted molar refractivity (Wildman–Crippen MR) is 64.3 cm³/mol. The molecule has 0 heterocycles. The van der Waals surface area contributed by atoms with Gasteiger partial charge in [0.05, 0.1) is 5.92 Å². The zero-order valence-electron chi connectivity index (χ0n) is 10.8. The van der Waals surface area contributed by atoms with Crippen molar-refractivity contribution < 1.29 is 14.7 Å². The van der Waals surface area contributed by atoms with E-state index in [1.165, 1.54) is 0 Å². The number of carbonyl (C=O) groups is 2. The van der Waals surface area contributed by atoms with Gasteiger partial charge in [0.2, 0.25) is 0 Å². The van der Waals surface area contributed by atoms with Gasteiger partial charge in [-0.15, -0.1) is 0 Å². The first-order chi connectivity index (χ1) is 7.31. The molecule has 3 nitrogen and oxygen atoms in total. The average Bonchev–Trinajstić information content (AvgIpc) is 2.23.